The number of halogens is 3. The summed E-state index contributed by atoms with van der Waals surface area (Å²) in [6.07, 6.45) is 2.66. The van der Waals surface area contributed by atoms with Crippen LogP contribution in [0.25, 0.3) is 32.6 Å². The van der Waals surface area contributed by atoms with E-state index >= 15 is 0 Å². The molecule has 0 saturated heterocycles. The van der Waals surface area contributed by atoms with Gasteiger partial charge in [0.15, 0.2) is 0 Å². The Kier molecular flexibility index (Phi) is 6.73. The lowest BCUT2D eigenvalue weighted by molar-refractivity contribution is -0.137. The van der Waals surface area contributed by atoms with Gasteiger partial charge >= 0.3 is 6.18 Å². The second-order valence-electron chi connectivity index (χ2n) is 10.2. The molecule has 4 aromatic heterocycles. The van der Waals surface area contributed by atoms with Crippen molar-refractivity contribution in [3.8, 4) is 21.8 Å². The molecule has 0 fully saturated rings. The van der Waals surface area contributed by atoms with Crippen LogP contribution in [0, 0.1) is 0 Å². The number of nitrogens with one attached hydrogen (secondary N) is 1. The fourth-order valence-electron chi connectivity index (χ4n) is 5.34. The van der Waals surface area contributed by atoms with Crippen LogP contribution in [0.3, 0.4) is 0 Å². The number of alkyl halides is 3. The monoisotopic (exact) mass is 600 g/mol. The summed E-state index contributed by atoms with van der Waals surface area (Å²) in [7, 11) is 0. The number of nitrogens with zero attached hydrogens (tertiary/aromatic N) is 7. The van der Waals surface area contributed by atoms with E-state index in [1.165, 1.54) is 23.5 Å². The molecular weight excluding hydrogens is 577 g/mol. The lowest BCUT2D eigenvalue weighted by Crippen LogP contribution is -2.25. The van der Waals surface area contributed by atoms with Crippen molar-refractivity contribution in [1.82, 2.24) is 40.1 Å². The molecule has 0 radical (unpaired) electrons. The molecule has 216 valence electrons. The SMILES string of the molecule is O=C(NCc1csc(-c2ccc(C(F)(F)F)cc2)n1)c1c(Cn2cc(-c3cccc4cnccc34)nn2)nn2c1CCC2. The first-order valence-corrected chi connectivity index (χ1v) is 14.4. The number of thiazole rings is 1. The fourth-order valence-corrected chi connectivity index (χ4v) is 6.17. The molecule has 13 heteroatoms. The molecule has 5 heterocycles. The van der Waals surface area contributed by atoms with Gasteiger partial charge in [0, 0.05) is 40.8 Å². The summed E-state index contributed by atoms with van der Waals surface area (Å²) in [5.41, 5.74) is 4.16. The first kappa shape index (κ1) is 27.0. The van der Waals surface area contributed by atoms with Crippen LogP contribution in [-0.4, -0.2) is 40.6 Å². The predicted molar refractivity (Wildman–Crippen MR) is 154 cm³/mol. The average Bonchev–Trinajstić information content (AvgIpc) is 3.81. The van der Waals surface area contributed by atoms with Gasteiger partial charge in [-0.1, -0.05) is 35.5 Å². The number of hydrogen-bond donors (Lipinski definition) is 1. The van der Waals surface area contributed by atoms with Crippen LogP contribution in [0.15, 0.2) is 72.5 Å². The fraction of sp³-hybridized carbons (Fsp3) is 0.200. The summed E-state index contributed by atoms with van der Waals surface area (Å²) in [4.78, 5) is 22.2. The Bertz CT molecular complexity index is 1950. The van der Waals surface area contributed by atoms with Crippen molar-refractivity contribution in [3.05, 3.63) is 101 Å². The topological polar surface area (TPSA) is 103 Å². The van der Waals surface area contributed by atoms with E-state index < -0.39 is 11.7 Å². The smallest absolute Gasteiger partial charge is 0.346 e. The molecule has 0 aliphatic carbocycles. The number of aromatic nitrogens is 7. The predicted octanol–water partition coefficient (Wildman–Crippen LogP) is 5.76. The van der Waals surface area contributed by atoms with Crippen molar-refractivity contribution in [2.75, 3.05) is 0 Å². The number of hydrogen-bond acceptors (Lipinski definition) is 7. The summed E-state index contributed by atoms with van der Waals surface area (Å²) in [5.74, 6) is -0.260. The molecule has 1 aliphatic rings. The average molecular weight is 601 g/mol. The van der Waals surface area contributed by atoms with Gasteiger partial charge in [-0.25, -0.2) is 9.67 Å². The van der Waals surface area contributed by atoms with E-state index in [4.69, 9.17) is 5.10 Å². The van der Waals surface area contributed by atoms with Gasteiger partial charge in [0.05, 0.1) is 47.5 Å². The molecule has 1 amide bonds. The van der Waals surface area contributed by atoms with E-state index in [2.05, 4.69) is 25.6 Å². The first-order valence-electron chi connectivity index (χ1n) is 13.6. The number of amides is 1. The Labute approximate surface area is 247 Å². The second-order valence-corrected chi connectivity index (χ2v) is 11.1. The Hall–Kier alpha value is -4.91. The molecule has 9 nitrogen and oxygen atoms in total. The normalized spacial score (nSPS) is 13.0. The Morgan fingerprint density at radius 3 is 2.79 bits per heavy atom. The summed E-state index contributed by atoms with van der Waals surface area (Å²) in [6.45, 7) is 1.19. The lowest BCUT2D eigenvalue weighted by atomic mass is 10.0. The number of carbonyl (C=O) groups excluding carboxylic acids is 1. The quantitative estimate of drug-likeness (QED) is 0.250. The number of benzene rings is 2. The molecule has 0 bridgehead atoms. The van der Waals surface area contributed by atoms with E-state index in [9.17, 15) is 18.0 Å². The van der Waals surface area contributed by atoms with Gasteiger partial charge < -0.3 is 5.32 Å². The van der Waals surface area contributed by atoms with Crippen molar-refractivity contribution < 1.29 is 18.0 Å². The van der Waals surface area contributed by atoms with Gasteiger partial charge in [0.2, 0.25) is 0 Å². The van der Waals surface area contributed by atoms with Gasteiger partial charge in [-0.15, -0.1) is 16.4 Å². The van der Waals surface area contributed by atoms with Crippen LogP contribution in [0.2, 0.25) is 0 Å². The number of fused-ring (bicyclic) bond motifs is 2. The maximum atomic E-state index is 13.5. The minimum absolute atomic E-state index is 0.170. The number of rotatable bonds is 7. The van der Waals surface area contributed by atoms with Crippen LogP contribution in [0.4, 0.5) is 13.2 Å². The molecular formula is C30H23F3N8OS. The second kappa shape index (κ2) is 10.7. The summed E-state index contributed by atoms with van der Waals surface area (Å²) >= 11 is 1.31. The van der Waals surface area contributed by atoms with E-state index in [0.717, 1.165) is 53.5 Å². The largest absolute Gasteiger partial charge is 0.416 e. The summed E-state index contributed by atoms with van der Waals surface area (Å²) < 4.78 is 42.3. The van der Waals surface area contributed by atoms with E-state index in [1.54, 1.807) is 16.3 Å². The van der Waals surface area contributed by atoms with Crippen LogP contribution in [0.5, 0.6) is 0 Å². The van der Waals surface area contributed by atoms with Gasteiger partial charge in [0.1, 0.15) is 10.7 Å². The Morgan fingerprint density at radius 2 is 1.95 bits per heavy atom. The summed E-state index contributed by atoms with van der Waals surface area (Å²) in [5, 5.41) is 20.8. The molecule has 0 spiro atoms. The standard InChI is InChI=1S/C30H23F3N8OS/c31-30(32,33)20-8-6-18(7-9-20)29-36-21(17-43-29)14-35-28(42)27-25(38-41-12-2-5-26(27)41)16-40-15-24(37-39-40)23-4-1-3-19-13-34-11-10-22(19)23/h1,3-4,6-11,13,15,17H,2,5,12,14,16H2,(H,35,42). The first-order chi connectivity index (χ1) is 20.8. The van der Waals surface area contributed by atoms with Gasteiger partial charge in [-0.05, 0) is 36.4 Å². The third-order valence-electron chi connectivity index (χ3n) is 7.39. The molecule has 2 aromatic carbocycles. The van der Waals surface area contributed by atoms with Crippen LogP contribution >= 0.6 is 11.3 Å². The highest BCUT2D eigenvalue weighted by Gasteiger charge is 2.30. The van der Waals surface area contributed by atoms with E-state index in [0.29, 0.717) is 33.2 Å². The number of aryl methyl sites for hydroxylation is 1. The van der Waals surface area contributed by atoms with Crippen molar-refractivity contribution >= 4 is 28.0 Å². The number of pyridine rings is 1. The van der Waals surface area contributed by atoms with Crippen molar-refractivity contribution in [3.63, 3.8) is 0 Å². The zero-order valence-electron chi connectivity index (χ0n) is 22.5. The van der Waals surface area contributed by atoms with Gasteiger partial charge in [-0.3, -0.25) is 14.5 Å². The Balaban J connectivity index is 1.08. The highest BCUT2D eigenvalue weighted by molar-refractivity contribution is 7.13. The van der Waals surface area contributed by atoms with Crippen LogP contribution in [-0.2, 0) is 32.2 Å². The van der Waals surface area contributed by atoms with Crippen LogP contribution < -0.4 is 5.32 Å². The zero-order valence-corrected chi connectivity index (χ0v) is 23.4. The van der Waals surface area contributed by atoms with Crippen molar-refractivity contribution in [2.24, 2.45) is 0 Å². The molecule has 7 rings (SSSR count). The minimum Gasteiger partial charge on any atom is -0.346 e. The zero-order chi connectivity index (χ0) is 29.6. The van der Waals surface area contributed by atoms with Gasteiger partial charge in [-0.2, -0.15) is 18.3 Å². The third kappa shape index (κ3) is 5.27. The molecule has 6 aromatic rings. The van der Waals surface area contributed by atoms with Crippen LogP contribution in [0.1, 0.15) is 39.4 Å². The maximum Gasteiger partial charge on any atom is 0.416 e. The minimum atomic E-state index is -4.39. The van der Waals surface area contributed by atoms with E-state index in [1.807, 2.05) is 41.3 Å². The lowest BCUT2D eigenvalue weighted by Gasteiger charge is -2.07. The number of carbonyl (C=O) groups is 1. The van der Waals surface area contributed by atoms with Crippen molar-refractivity contribution in [1.29, 1.82) is 0 Å². The molecule has 0 unspecified atom stereocenters. The molecule has 1 N–H and O–H groups in total. The highest BCUT2D eigenvalue weighted by Crippen LogP contribution is 2.32. The summed E-state index contributed by atoms with van der Waals surface area (Å²) in [6, 6.07) is 12.8. The maximum absolute atomic E-state index is 13.5. The molecule has 0 saturated carbocycles. The van der Waals surface area contributed by atoms with Gasteiger partial charge in [0.25, 0.3) is 5.91 Å². The third-order valence-corrected chi connectivity index (χ3v) is 8.33. The molecule has 0 atom stereocenters. The Morgan fingerprint density at radius 1 is 1.09 bits per heavy atom. The molecule has 1 aliphatic heterocycles. The van der Waals surface area contributed by atoms with E-state index in [-0.39, 0.29) is 19.0 Å². The highest BCUT2D eigenvalue weighted by atomic mass is 32.1. The molecule has 43 heavy (non-hydrogen) atoms. The van der Waals surface area contributed by atoms with Crippen molar-refractivity contribution in [2.45, 2.75) is 38.7 Å².